The number of halogens is 3. The first-order chi connectivity index (χ1) is 12.6. The van der Waals surface area contributed by atoms with E-state index in [0.29, 0.717) is 11.2 Å². The van der Waals surface area contributed by atoms with Crippen LogP contribution in [0.15, 0.2) is 47.3 Å². The van der Waals surface area contributed by atoms with Gasteiger partial charge in [-0.05, 0) is 31.2 Å². The first-order valence-electron chi connectivity index (χ1n) is 8.58. The van der Waals surface area contributed by atoms with Crippen LogP contribution in [0.3, 0.4) is 0 Å². The SMILES string of the molecule is Cl.O=c1c2ccccc2c(N2CCCNCC2)nn1-c1ccc(F)cc1F. The molecule has 1 aliphatic rings. The van der Waals surface area contributed by atoms with Crippen LogP contribution in [-0.2, 0) is 0 Å². The average molecular weight is 393 g/mol. The van der Waals surface area contributed by atoms with E-state index in [1.54, 1.807) is 12.1 Å². The number of nitrogens with zero attached hydrogens (tertiary/aromatic N) is 3. The van der Waals surface area contributed by atoms with Crippen molar-refractivity contribution in [2.24, 2.45) is 0 Å². The standard InChI is InChI=1S/C19H18F2N4O.ClH/c20-13-6-7-17(16(21)12-13)25-19(26)15-5-2-1-4-14(15)18(23-25)24-10-3-8-22-9-11-24;/h1-2,4-7,12,22H,3,8-11H2;1H. The third-order valence-corrected chi connectivity index (χ3v) is 4.56. The van der Waals surface area contributed by atoms with Gasteiger partial charge in [0.05, 0.1) is 5.39 Å². The fourth-order valence-corrected chi connectivity index (χ4v) is 3.28. The molecule has 0 atom stereocenters. The molecule has 5 nitrogen and oxygen atoms in total. The molecular formula is C19H19ClF2N4O. The van der Waals surface area contributed by atoms with E-state index in [9.17, 15) is 13.6 Å². The van der Waals surface area contributed by atoms with Crippen molar-refractivity contribution in [3.63, 3.8) is 0 Å². The van der Waals surface area contributed by atoms with Gasteiger partial charge in [-0.2, -0.15) is 4.68 Å². The van der Waals surface area contributed by atoms with E-state index in [-0.39, 0.29) is 18.1 Å². The van der Waals surface area contributed by atoms with Crippen LogP contribution in [0.2, 0.25) is 0 Å². The van der Waals surface area contributed by atoms with Crippen LogP contribution >= 0.6 is 12.4 Å². The molecule has 0 aliphatic carbocycles. The third-order valence-electron chi connectivity index (χ3n) is 4.56. The highest BCUT2D eigenvalue weighted by Crippen LogP contribution is 2.24. The second kappa shape index (κ2) is 8.02. The first kappa shape index (κ1) is 19.3. The maximum atomic E-state index is 14.3. The van der Waals surface area contributed by atoms with Crippen molar-refractivity contribution in [3.8, 4) is 5.69 Å². The van der Waals surface area contributed by atoms with Crippen LogP contribution in [0.1, 0.15) is 6.42 Å². The maximum absolute atomic E-state index is 14.3. The van der Waals surface area contributed by atoms with Crippen LogP contribution in [0.5, 0.6) is 0 Å². The lowest BCUT2D eigenvalue weighted by Crippen LogP contribution is -2.32. The van der Waals surface area contributed by atoms with Gasteiger partial charge >= 0.3 is 0 Å². The highest BCUT2D eigenvalue weighted by molar-refractivity contribution is 5.91. The largest absolute Gasteiger partial charge is 0.353 e. The van der Waals surface area contributed by atoms with Gasteiger partial charge < -0.3 is 10.2 Å². The van der Waals surface area contributed by atoms with Crippen molar-refractivity contribution >= 4 is 29.0 Å². The molecule has 0 bridgehead atoms. The van der Waals surface area contributed by atoms with Crippen molar-refractivity contribution in [3.05, 3.63) is 64.5 Å². The Morgan fingerprint density at radius 1 is 1.00 bits per heavy atom. The number of anilines is 1. The number of fused-ring (bicyclic) bond motifs is 1. The number of benzene rings is 2. The van der Waals surface area contributed by atoms with Crippen LogP contribution in [0, 0.1) is 11.6 Å². The summed E-state index contributed by atoms with van der Waals surface area (Å²) in [6.07, 6.45) is 0.944. The molecule has 0 radical (unpaired) electrons. The summed E-state index contributed by atoms with van der Waals surface area (Å²) in [7, 11) is 0. The van der Waals surface area contributed by atoms with Crippen molar-refractivity contribution in [2.75, 3.05) is 31.1 Å². The average Bonchev–Trinajstić information content (AvgIpc) is 2.92. The summed E-state index contributed by atoms with van der Waals surface area (Å²) in [6.45, 7) is 3.25. The van der Waals surface area contributed by atoms with Crippen LogP contribution in [-0.4, -0.2) is 36.0 Å². The third kappa shape index (κ3) is 3.65. The lowest BCUT2D eigenvalue weighted by Gasteiger charge is -2.23. The smallest absolute Gasteiger partial charge is 0.279 e. The lowest BCUT2D eigenvalue weighted by atomic mass is 10.1. The molecule has 0 amide bonds. The Morgan fingerprint density at radius 3 is 2.56 bits per heavy atom. The second-order valence-corrected chi connectivity index (χ2v) is 6.27. The van der Waals surface area contributed by atoms with Gasteiger partial charge in [-0.25, -0.2) is 8.78 Å². The Morgan fingerprint density at radius 2 is 1.78 bits per heavy atom. The predicted octanol–water partition coefficient (Wildman–Crippen LogP) is 2.89. The monoisotopic (exact) mass is 392 g/mol. The van der Waals surface area contributed by atoms with E-state index in [0.717, 1.165) is 54.8 Å². The van der Waals surface area contributed by atoms with Crippen molar-refractivity contribution < 1.29 is 8.78 Å². The van der Waals surface area contributed by atoms with Crippen LogP contribution in [0.4, 0.5) is 14.6 Å². The van der Waals surface area contributed by atoms with Crippen LogP contribution in [0.25, 0.3) is 16.5 Å². The Hall–Kier alpha value is -2.51. The zero-order chi connectivity index (χ0) is 18.1. The molecule has 2 heterocycles. The lowest BCUT2D eigenvalue weighted by molar-refractivity contribution is 0.571. The highest BCUT2D eigenvalue weighted by atomic mass is 35.5. The number of nitrogens with one attached hydrogen (secondary N) is 1. The molecule has 4 rings (SSSR count). The van der Waals surface area contributed by atoms with E-state index in [1.807, 2.05) is 12.1 Å². The Kier molecular flexibility index (Phi) is 5.72. The molecule has 0 saturated carbocycles. The topological polar surface area (TPSA) is 50.2 Å². The van der Waals surface area contributed by atoms with Gasteiger partial charge in [0, 0.05) is 31.1 Å². The quantitative estimate of drug-likeness (QED) is 0.728. The van der Waals surface area contributed by atoms with Gasteiger partial charge in [-0.3, -0.25) is 4.79 Å². The van der Waals surface area contributed by atoms with Gasteiger partial charge in [0.25, 0.3) is 5.56 Å². The molecule has 0 spiro atoms. The van der Waals surface area contributed by atoms with E-state index in [2.05, 4.69) is 15.3 Å². The fraction of sp³-hybridized carbons (Fsp3) is 0.263. The predicted molar refractivity (Wildman–Crippen MR) is 104 cm³/mol. The Bertz CT molecular complexity index is 1020. The molecule has 3 aromatic rings. The van der Waals surface area contributed by atoms with Crippen molar-refractivity contribution in [2.45, 2.75) is 6.42 Å². The van der Waals surface area contributed by atoms with Gasteiger partial charge in [-0.15, -0.1) is 17.5 Å². The molecule has 2 aromatic carbocycles. The number of rotatable bonds is 2. The van der Waals surface area contributed by atoms with Gasteiger partial charge in [0.1, 0.15) is 11.5 Å². The molecule has 142 valence electrons. The summed E-state index contributed by atoms with van der Waals surface area (Å²) < 4.78 is 28.6. The van der Waals surface area contributed by atoms with Gasteiger partial charge in [-0.1, -0.05) is 18.2 Å². The Balaban J connectivity index is 0.00000210. The zero-order valence-corrected chi connectivity index (χ0v) is 15.3. The molecule has 0 unspecified atom stereocenters. The molecule has 8 heteroatoms. The summed E-state index contributed by atoms with van der Waals surface area (Å²) in [6, 6.07) is 10.3. The molecule has 1 fully saturated rings. The van der Waals surface area contributed by atoms with Crippen LogP contribution < -0.4 is 15.8 Å². The van der Waals surface area contributed by atoms with Crippen molar-refractivity contribution in [1.82, 2.24) is 15.1 Å². The minimum atomic E-state index is -0.821. The molecule has 1 aliphatic heterocycles. The molecular weight excluding hydrogens is 374 g/mol. The number of hydrogen-bond acceptors (Lipinski definition) is 4. The minimum Gasteiger partial charge on any atom is -0.353 e. The highest BCUT2D eigenvalue weighted by Gasteiger charge is 2.19. The number of aromatic nitrogens is 2. The summed E-state index contributed by atoms with van der Waals surface area (Å²) in [5.74, 6) is -0.884. The van der Waals surface area contributed by atoms with E-state index in [4.69, 9.17) is 0 Å². The maximum Gasteiger partial charge on any atom is 0.279 e. The molecule has 27 heavy (non-hydrogen) atoms. The first-order valence-corrected chi connectivity index (χ1v) is 8.58. The summed E-state index contributed by atoms with van der Waals surface area (Å²) in [4.78, 5) is 15.0. The van der Waals surface area contributed by atoms with Gasteiger partial charge in [0.2, 0.25) is 0 Å². The van der Waals surface area contributed by atoms with E-state index >= 15 is 0 Å². The van der Waals surface area contributed by atoms with E-state index < -0.39 is 17.2 Å². The van der Waals surface area contributed by atoms with E-state index in [1.165, 1.54) is 6.07 Å². The minimum absolute atomic E-state index is 0. The Labute approximate surface area is 161 Å². The summed E-state index contributed by atoms with van der Waals surface area (Å²) in [5.41, 5.74) is -0.487. The molecule has 1 N–H and O–H groups in total. The van der Waals surface area contributed by atoms with Gasteiger partial charge in [0.15, 0.2) is 11.6 Å². The molecule has 1 saturated heterocycles. The molecule has 1 aromatic heterocycles. The normalized spacial score (nSPS) is 14.7. The fourth-order valence-electron chi connectivity index (χ4n) is 3.28. The number of hydrogen-bond donors (Lipinski definition) is 1. The zero-order valence-electron chi connectivity index (χ0n) is 14.5. The van der Waals surface area contributed by atoms with Crippen molar-refractivity contribution in [1.29, 1.82) is 0 Å². The summed E-state index contributed by atoms with van der Waals surface area (Å²) >= 11 is 0. The summed E-state index contributed by atoms with van der Waals surface area (Å²) in [5, 5.41) is 8.99. The second-order valence-electron chi connectivity index (χ2n) is 6.27.